The lowest BCUT2D eigenvalue weighted by atomic mass is 10.1. The lowest BCUT2D eigenvalue weighted by molar-refractivity contribution is 0.214. The zero-order chi connectivity index (χ0) is 16.2. The van der Waals surface area contributed by atoms with E-state index in [1.807, 2.05) is 4.49 Å². The van der Waals surface area contributed by atoms with Gasteiger partial charge < -0.3 is 0 Å². The van der Waals surface area contributed by atoms with Crippen LogP contribution in [0.25, 0.3) is 0 Å². The third-order valence-electron chi connectivity index (χ3n) is 2.56. The van der Waals surface area contributed by atoms with Gasteiger partial charge in [-0.25, -0.2) is 4.57 Å². The Kier molecular flexibility index (Phi) is 11.6. The van der Waals surface area contributed by atoms with Crippen LogP contribution in [-0.2, 0) is 28.1 Å². The van der Waals surface area contributed by atoms with Gasteiger partial charge in [-0.15, -0.1) is 0 Å². The standard InChI is InChI=1S/C12H28NO6PS/c1-4-7-8-9-10-11-12-19-21(15,16)13-20(14,17-5-2)18-6-3/h4-12H2,1-3H3,(H,13,14). The van der Waals surface area contributed by atoms with E-state index in [4.69, 9.17) is 13.2 Å². The average molecular weight is 345 g/mol. The molecule has 0 aliphatic rings. The molecule has 0 heterocycles. The Bertz CT molecular complexity index is 391. The second-order valence-corrected chi connectivity index (χ2v) is 7.85. The predicted octanol–water partition coefficient (Wildman–Crippen LogP) is 3.38. The van der Waals surface area contributed by atoms with Crippen LogP contribution in [0.15, 0.2) is 0 Å². The van der Waals surface area contributed by atoms with Gasteiger partial charge in [-0.2, -0.15) is 8.42 Å². The van der Waals surface area contributed by atoms with Gasteiger partial charge in [0.15, 0.2) is 0 Å². The normalized spacial score (nSPS) is 12.7. The van der Waals surface area contributed by atoms with Gasteiger partial charge in [0, 0.05) is 0 Å². The van der Waals surface area contributed by atoms with E-state index in [-0.39, 0.29) is 19.8 Å². The van der Waals surface area contributed by atoms with Gasteiger partial charge in [-0.3, -0.25) is 13.2 Å². The second kappa shape index (κ2) is 11.6. The maximum absolute atomic E-state index is 12.0. The van der Waals surface area contributed by atoms with Crippen LogP contribution in [0.1, 0.15) is 59.3 Å². The molecule has 0 unspecified atom stereocenters. The summed E-state index contributed by atoms with van der Waals surface area (Å²) < 4.78 is 51.6. The molecule has 0 aliphatic heterocycles. The number of rotatable bonds is 14. The summed E-state index contributed by atoms with van der Waals surface area (Å²) in [6.45, 7) is 5.51. The molecule has 0 saturated carbocycles. The fraction of sp³-hybridized carbons (Fsp3) is 1.00. The highest BCUT2D eigenvalue weighted by atomic mass is 32.2. The summed E-state index contributed by atoms with van der Waals surface area (Å²) >= 11 is 0. The first kappa shape index (κ1) is 21.0. The van der Waals surface area contributed by atoms with Crippen molar-refractivity contribution in [2.45, 2.75) is 59.3 Å². The molecule has 0 aromatic carbocycles. The van der Waals surface area contributed by atoms with Crippen molar-refractivity contribution < 1.29 is 26.2 Å². The van der Waals surface area contributed by atoms with Gasteiger partial charge in [0.1, 0.15) is 0 Å². The van der Waals surface area contributed by atoms with Crippen LogP contribution < -0.4 is 4.49 Å². The Morgan fingerprint density at radius 2 is 1.43 bits per heavy atom. The van der Waals surface area contributed by atoms with Crippen LogP contribution in [0.3, 0.4) is 0 Å². The van der Waals surface area contributed by atoms with E-state index in [1.165, 1.54) is 12.8 Å². The van der Waals surface area contributed by atoms with Gasteiger partial charge in [0.05, 0.1) is 19.8 Å². The first-order chi connectivity index (χ1) is 9.89. The summed E-state index contributed by atoms with van der Waals surface area (Å²) in [5.41, 5.74) is 0. The number of hydrogen-bond donors (Lipinski definition) is 1. The lowest BCUT2D eigenvalue weighted by Gasteiger charge is -2.17. The highest BCUT2D eigenvalue weighted by Crippen LogP contribution is 2.44. The third-order valence-corrected chi connectivity index (χ3v) is 6.02. The van der Waals surface area contributed by atoms with Crippen molar-refractivity contribution in [3.63, 3.8) is 0 Å². The van der Waals surface area contributed by atoms with Gasteiger partial charge in [-0.1, -0.05) is 43.5 Å². The van der Waals surface area contributed by atoms with E-state index in [0.29, 0.717) is 6.42 Å². The molecule has 1 N–H and O–H groups in total. The Morgan fingerprint density at radius 1 is 0.905 bits per heavy atom. The molecule has 9 heteroatoms. The third kappa shape index (κ3) is 11.3. The molecule has 0 saturated heterocycles. The lowest BCUT2D eigenvalue weighted by Crippen LogP contribution is -2.25. The van der Waals surface area contributed by atoms with E-state index < -0.39 is 18.1 Å². The van der Waals surface area contributed by atoms with Crippen molar-refractivity contribution in [3.8, 4) is 0 Å². The molecule has 128 valence electrons. The number of nitrogens with one attached hydrogen (secondary N) is 1. The number of unbranched alkanes of at least 4 members (excludes halogenated alkanes) is 5. The fourth-order valence-electron chi connectivity index (χ4n) is 1.64. The molecule has 0 aliphatic carbocycles. The van der Waals surface area contributed by atoms with E-state index in [1.54, 1.807) is 13.8 Å². The molecule has 0 aromatic heterocycles. The fourth-order valence-corrected chi connectivity index (χ4v) is 4.46. The molecule has 0 rings (SSSR count). The monoisotopic (exact) mass is 345 g/mol. The van der Waals surface area contributed by atoms with E-state index in [0.717, 1.165) is 19.3 Å². The van der Waals surface area contributed by atoms with Crippen LogP contribution in [0, 0.1) is 0 Å². The second-order valence-electron chi connectivity index (χ2n) is 4.47. The average Bonchev–Trinajstić information content (AvgIpc) is 2.37. The predicted molar refractivity (Wildman–Crippen MR) is 82.2 cm³/mol. The molecular weight excluding hydrogens is 317 g/mol. The quantitative estimate of drug-likeness (QED) is 0.383. The highest BCUT2D eigenvalue weighted by molar-refractivity contribution is 7.90. The van der Waals surface area contributed by atoms with Crippen molar-refractivity contribution in [1.29, 1.82) is 0 Å². The van der Waals surface area contributed by atoms with E-state index in [2.05, 4.69) is 6.92 Å². The summed E-state index contributed by atoms with van der Waals surface area (Å²) in [5.74, 6) is 0. The van der Waals surface area contributed by atoms with Crippen molar-refractivity contribution in [3.05, 3.63) is 0 Å². The van der Waals surface area contributed by atoms with E-state index in [9.17, 15) is 13.0 Å². The van der Waals surface area contributed by atoms with Crippen LogP contribution in [0.2, 0.25) is 0 Å². The van der Waals surface area contributed by atoms with Crippen LogP contribution in [0.4, 0.5) is 0 Å². The van der Waals surface area contributed by atoms with E-state index >= 15 is 0 Å². The molecule has 0 bridgehead atoms. The first-order valence-electron chi connectivity index (χ1n) is 7.46. The van der Waals surface area contributed by atoms with Gasteiger partial charge in [0.2, 0.25) is 0 Å². The Labute approximate surface area is 128 Å². The Morgan fingerprint density at radius 3 is 1.95 bits per heavy atom. The van der Waals surface area contributed by atoms with Gasteiger partial charge in [0.25, 0.3) is 0 Å². The zero-order valence-corrected chi connectivity index (χ0v) is 14.9. The molecule has 0 spiro atoms. The van der Waals surface area contributed by atoms with Gasteiger partial charge in [-0.05, 0) is 20.3 Å². The molecule has 0 radical (unpaired) electrons. The summed E-state index contributed by atoms with van der Waals surface area (Å²) in [6, 6.07) is 0. The first-order valence-corrected chi connectivity index (χ1v) is 10.4. The largest absolute Gasteiger partial charge is 0.420 e. The van der Waals surface area contributed by atoms with Crippen molar-refractivity contribution in [2.24, 2.45) is 0 Å². The minimum absolute atomic E-state index is 0.0553. The summed E-state index contributed by atoms with van der Waals surface area (Å²) in [7, 11) is -8.02. The van der Waals surface area contributed by atoms with Crippen molar-refractivity contribution >= 4 is 18.1 Å². The minimum atomic E-state index is -4.14. The SMILES string of the molecule is CCCCCCCCOS(=O)(=O)NP(=O)(OCC)OCC. The summed E-state index contributed by atoms with van der Waals surface area (Å²) in [5, 5.41) is 0. The molecule has 21 heavy (non-hydrogen) atoms. The Hall–Kier alpha value is 0.0200. The molecule has 0 atom stereocenters. The molecule has 0 aromatic rings. The summed E-state index contributed by atoms with van der Waals surface area (Å²) in [6.07, 6.45) is 6.10. The molecule has 0 fully saturated rings. The maximum atomic E-state index is 12.0. The van der Waals surface area contributed by atoms with Gasteiger partial charge >= 0.3 is 18.1 Å². The van der Waals surface area contributed by atoms with Crippen LogP contribution in [0.5, 0.6) is 0 Å². The zero-order valence-electron chi connectivity index (χ0n) is 13.2. The van der Waals surface area contributed by atoms with Crippen molar-refractivity contribution in [1.82, 2.24) is 4.49 Å². The number of hydrogen-bond acceptors (Lipinski definition) is 6. The van der Waals surface area contributed by atoms with Crippen LogP contribution >= 0.6 is 7.75 Å². The van der Waals surface area contributed by atoms with Crippen LogP contribution in [-0.4, -0.2) is 28.2 Å². The Balaban J connectivity index is 4.09. The minimum Gasteiger partial charge on any atom is -0.296 e. The van der Waals surface area contributed by atoms with Crippen molar-refractivity contribution in [2.75, 3.05) is 19.8 Å². The molecular formula is C12H28NO6PS. The summed E-state index contributed by atoms with van der Waals surface area (Å²) in [4.78, 5) is 0. The topological polar surface area (TPSA) is 90.9 Å². The molecule has 0 amide bonds. The highest BCUT2D eigenvalue weighted by Gasteiger charge is 2.31. The smallest absolute Gasteiger partial charge is 0.296 e. The maximum Gasteiger partial charge on any atom is 0.420 e. The molecule has 7 nitrogen and oxygen atoms in total.